The molecule has 0 aromatic heterocycles. The summed E-state index contributed by atoms with van der Waals surface area (Å²) >= 11 is 5.73. The fraction of sp³-hybridized carbons (Fsp3) is 0.429. The molecule has 50 valence electrons. The molecule has 0 aromatic carbocycles. The van der Waals surface area contributed by atoms with Crippen LogP contribution in [0.4, 0.5) is 0 Å². The lowest BCUT2D eigenvalue weighted by atomic mass is 10.0. The van der Waals surface area contributed by atoms with E-state index in [4.69, 9.17) is 16.7 Å². The highest BCUT2D eigenvalue weighted by Gasteiger charge is 2.10. The van der Waals surface area contributed by atoms with Gasteiger partial charge in [0.25, 0.3) is 0 Å². The van der Waals surface area contributed by atoms with Crippen molar-refractivity contribution in [1.82, 2.24) is 0 Å². The van der Waals surface area contributed by atoms with E-state index in [1.54, 1.807) is 0 Å². The Hall–Kier alpha value is -0.270. The lowest BCUT2D eigenvalue weighted by molar-refractivity contribution is 0.251. The summed E-state index contributed by atoms with van der Waals surface area (Å²) in [5.74, 6) is 0.150. The lowest BCUT2D eigenvalue weighted by Crippen LogP contribution is -2.06. The van der Waals surface area contributed by atoms with Crippen molar-refractivity contribution in [1.29, 1.82) is 0 Å². The first kappa shape index (κ1) is 6.84. The summed E-state index contributed by atoms with van der Waals surface area (Å²) in [6.45, 7) is 0.152. The van der Waals surface area contributed by atoms with Crippen molar-refractivity contribution < 1.29 is 5.11 Å². The minimum absolute atomic E-state index is 0.150. The second-order valence-electron chi connectivity index (χ2n) is 2.09. The van der Waals surface area contributed by atoms with Crippen molar-refractivity contribution in [2.24, 2.45) is 5.92 Å². The van der Waals surface area contributed by atoms with Crippen LogP contribution in [0, 0.1) is 5.92 Å². The summed E-state index contributed by atoms with van der Waals surface area (Å²) in [5, 5.41) is 9.47. The molecular weight excluding hydrogens is 136 g/mol. The maximum Gasteiger partial charge on any atom is 0.0511 e. The van der Waals surface area contributed by atoms with Crippen LogP contribution in [0.15, 0.2) is 23.3 Å². The third kappa shape index (κ3) is 1.57. The minimum atomic E-state index is 0.150. The van der Waals surface area contributed by atoms with E-state index in [0.717, 1.165) is 11.5 Å². The van der Waals surface area contributed by atoms with Gasteiger partial charge >= 0.3 is 0 Å². The fourth-order valence-corrected chi connectivity index (χ4v) is 1.04. The van der Waals surface area contributed by atoms with Gasteiger partial charge in [-0.3, -0.25) is 0 Å². The number of allylic oxidation sites excluding steroid dienone is 3. The molecule has 1 N–H and O–H groups in total. The van der Waals surface area contributed by atoms with Crippen molar-refractivity contribution >= 4 is 11.6 Å². The van der Waals surface area contributed by atoms with Crippen LogP contribution < -0.4 is 0 Å². The van der Waals surface area contributed by atoms with E-state index in [9.17, 15) is 0 Å². The Morgan fingerprint density at radius 2 is 2.56 bits per heavy atom. The molecule has 0 spiro atoms. The minimum Gasteiger partial charge on any atom is -0.396 e. The number of hydrogen-bond donors (Lipinski definition) is 1. The number of rotatable bonds is 1. The van der Waals surface area contributed by atoms with E-state index < -0.39 is 0 Å². The van der Waals surface area contributed by atoms with Crippen molar-refractivity contribution in [3.8, 4) is 0 Å². The van der Waals surface area contributed by atoms with Crippen LogP contribution in [0.25, 0.3) is 0 Å². The third-order valence-corrected chi connectivity index (χ3v) is 1.86. The standard InChI is InChI=1S/C7H9ClO/c8-7-4-2-1-3-6(7)5-9/h1-2,4,6,9H,3,5H2. The highest BCUT2D eigenvalue weighted by Crippen LogP contribution is 2.22. The molecule has 0 saturated heterocycles. The van der Waals surface area contributed by atoms with Gasteiger partial charge in [-0.1, -0.05) is 23.8 Å². The van der Waals surface area contributed by atoms with E-state index in [1.165, 1.54) is 0 Å². The van der Waals surface area contributed by atoms with Gasteiger partial charge in [-0.2, -0.15) is 0 Å². The second kappa shape index (κ2) is 3.04. The van der Waals surface area contributed by atoms with Crippen LogP contribution >= 0.6 is 11.6 Å². The van der Waals surface area contributed by atoms with Crippen molar-refractivity contribution in [2.75, 3.05) is 6.61 Å². The average Bonchev–Trinajstić information content (AvgIpc) is 1.89. The molecule has 1 aliphatic rings. The number of hydrogen-bond acceptors (Lipinski definition) is 1. The summed E-state index contributed by atoms with van der Waals surface area (Å²) in [6.07, 6.45) is 6.61. The molecule has 2 heteroatoms. The molecule has 0 saturated carbocycles. The smallest absolute Gasteiger partial charge is 0.0511 e. The normalized spacial score (nSPS) is 26.0. The summed E-state index contributed by atoms with van der Waals surface area (Å²) in [7, 11) is 0. The Balaban J connectivity index is 2.59. The predicted octanol–water partition coefficient (Wildman–Crippen LogP) is 1.68. The molecule has 0 bridgehead atoms. The van der Waals surface area contributed by atoms with Gasteiger partial charge in [0.05, 0.1) is 6.61 Å². The van der Waals surface area contributed by atoms with Gasteiger partial charge < -0.3 is 5.11 Å². The number of aliphatic hydroxyl groups is 1. The third-order valence-electron chi connectivity index (χ3n) is 1.42. The largest absolute Gasteiger partial charge is 0.396 e. The molecule has 9 heavy (non-hydrogen) atoms. The monoisotopic (exact) mass is 144 g/mol. The molecule has 1 aliphatic carbocycles. The van der Waals surface area contributed by atoms with Gasteiger partial charge in [0, 0.05) is 11.0 Å². The molecule has 1 nitrogen and oxygen atoms in total. The Morgan fingerprint density at radius 3 is 3.00 bits per heavy atom. The summed E-state index contributed by atoms with van der Waals surface area (Å²) < 4.78 is 0. The molecule has 0 heterocycles. The molecular formula is C7H9ClO. The number of halogens is 1. The van der Waals surface area contributed by atoms with Crippen LogP contribution in [-0.4, -0.2) is 11.7 Å². The molecule has 0 aromatic rings. The van der Waals surface area contributed by atoms with E-state index in [0.29, 0.717) is 0 Å². The Kier molecular flexibility index (Phi) is 2.31. The van der Waals surface area contributed by atoms with Crippen molar-refractivity contribution in [3.05, 3.63) is 23.3 Å². The van der Waals surface area contributed by atoms with Gasteiger partial charge in [-0.25, -0.2) is 0 Å². The van der Waals surface area contributed by atoms with Crippen LogP contribution in [-0.2, 0) is 0 Å². The van der Waals surface area contributed by atoms with Crippen LogP contribution in [0.3, 0.4) is 0 Å². The highest BCUT2D eigenvalue weighted by molar-refractivity contribution is 6.30. The van der Waals surface area contributed by atoms with Crippen molar-refractivity contribution in [3.63, 3.8) is 0 Å². The first-order chi connectivity index (χ1) is 4.34. The quantitative estimate of drug-likeness (QED) is 0.594. The van der Waals surface area contributed by atoms with E-state index >= 15 is 0 Å². The number of aliphatic hydroxyl groups excluding tert-OH is 1. The maximum atomic E-state index is 8.70. The highest BCUT2D eigenvalue weighted by atomic mass is 35.5. The lowest BCUT2D eigenvalue weighted by Gasteiger charge is -2.12. The van der Waals surface area contributed by atoms with Gasteiger partial charge in [0.2, 0.25) is 0 Å². The molecule has 0 radical (unpaired) electrons. The van der Waals surface area contributed by atoms with E-state index in [1.807, 2.05) is 18.2 Å². The summed E-state index contributed by atoms with van der Waals surface area (Å²) in [5.41, 5.74) is 0. The zero-order chi connectivity index (χ0) is 6.69. The molecule has 1 rings (SSSR count). The average molecular weight is 145 g/mol. The van der Waals surface area contributed by atoms with Crippen LogP contribution in [0.1, 0.15) is 6.42 Å². The first-order valence-electron chi connectivity index (χ1n) is 2.97. The van der Waals surface area contributed by atoms with Crippen LogP contribution in [0.2, 0.25) is 0 Å². The topological polar surface area (TPSA) is 20.2 Å². The predicted molar refractivity (Wildman–Crippen MR) is 38.3 cm³/mol. The molecule has 1 unspecified atom stereocenters. The van der Waals surface area contributed by atoms with Gasteiger partial charge in [0.1, 0.15) is 0 Å². The molecule has 0 fully saturated rings. The summed E-state index contributed by atoms with van der Waals surface area (Å²) in [4.78, 5) is 0. The maximum absolute atomic E-state index is 8.70. The first-order valence-corrected chi connectivity index (χ1v) is 3.35. The molecule has 1 atom stereocenters. The Morgan fingerprint density at radius 1 is 1.78 bits per heavy atom. The second-order valence-corrected chi connectivity index (χ2v) is 2.53. The molecule has 0 amide bonds. The van der Waals surface area contributed by atoms with E-state index in [2.05, 4.69) is 0 Å². The zero-order valence-corrected chi connectivity index (χ0v) is 5.80. The van der Waals surface area contributed by atoms with E-state index in [-0.39, 0.29) is 12.5 Å². The summed E-state index contributed by atoms with van der Waals surface area (Å²) in [6, 6.07) is 0. The van der Waals surface area contributed by atoms with Gasteiger partial charge in [-0.05, 0) is 12.5 Å². The van der Waals surface area contributed by atoms with Gasteiger partial charge in [0.15, 0.2) is 0 Å². The van der Waals surface area contributed by atoms with Crippen molar-refractivity contribution in [2.45, 2.75) is 6.42 Å². The van der Waals surface area contributed by atoms with Crippen LogP contribution in [0.5, 0.6) is 0 Å². The van der Waals surface area contributed by atoms with Gasteiger partial charge in [-0.15, -0.1) is 0 Å². The SMILES string of the molecule is OCC1CC=CC=C1Cl. The molecule has 0 aliphatic heterocycles. The fourth-order valence-electron chi connectivity index (χ4n) is 0.813. The Labute approximate surface area is 59.6 Å². The zero-order valence-electron chi connectivity index (χ0n) is 5.05. The Bertz CT molecular complexity index is 149.